The molecule has 2 heterocycles. The molecule has 7 heteroatoms. The highest BCUT2D eigenvalue weighted by Gasteiger charge is 2.52. The van der Waals surface area contributed by atoms with Gasteiger partial charge in [0, 0.05) is 33.8 Å². The number of methoxy groups -OCH3 is 3. The highest BCUT2D eigenvalue weighted by atomic mass is 16.6. The van der Waals surface area contributed by atoms with Crippen molar-refractivity contribution in [3.63, 3.8) is 0 Å². The summed E-state index contributed by atoms with van der Waals surface area (Å²) in [5.74, 6) is 1.91. The number of amides is 1. The lowest BCUT2D eigenvalue weighted by Gasteiger charge is -2.27. The topological polar surface area (TPSA) is 66.5 Å². The zero-order valence-electron chi connectivity index (χ0n) is 16.1. The molecule has 2 aliphatic heterocycles. The first-order valence-electron chi connectivity index (χ1n) is 9.42. The van der Waals surface area contributed by atoms with Crippen molar-refractivity contribution in [1.29, 1.82) is 0 Å². The lowest BCUT2D eigenvalue weighted by Crippen LogP contribution is -2.44. The molecular weight excluding hydrogens is 350 g/mol. The van der Waals surface area contributed by atoms with Gasteiger partial charge in [0.25, 0.3) is 0 Å². The van der Waals surface area contributed by atoms with Crippen LogP contribution >= 0.6 is 0 Å². The molecule has 3 aliphatic rings. The van der Waals surface area contributed by atoms with E-state index < -0.39 is 0 Å². The van der Waals surface area contributed by atoms with Crippen molar-refractivity contribution < 1.29 is 28.5 Å². The molecule has 1 saturated heterocycles. The molecule has 1 aromatic rings. The maximum absolute atomic E-state index is 13.2. The van der Waals surface area contributed by atoms with Crippen LogP contribution in [0, 0.1) is 5.92 Å². The Kier molecular flexibility index (Phi) is 5.25. The van der Waals surface area contributed by atoms with Gasteiger partial charge in [0.15, 0.2) is 11.5 Å². The highest BCUT2D eigenvalue weighted by molar-refractivity contribution is 5.84. The normalized spacial score (nSPS) is 31.8. The van der Waals surface area contributed by atoms with Gasteiger partial charge in [-0.3, -0.25) is 4.79 Å². The van der Waals surface area contributed by atoms with Crippen molar-refractivity contribution in [1.82, 2.24) is 4.90 Å². The van der Waals surface area contributed by atoms with E-state index in [0.29, 0.717) is 26.4 Å². The van der Waals surface area contributed by atoms with Gasteiger partial charge < -0.3 is 28.6 Å². The third kappa shape index (κ3) is 3.39. The second-order valence-electron chi connectivity index (χ2n) is 7.34. The molecule has 1 amide bonds. The maximum Gasteiger partial charge on any atom is 0.226 e. The lowest BCUT2D eigenvalue weighted by molar-refractivity contribution is -0.135. The Bertz CT molecular complexity index is 695. The minimum Gasteiger partial charge on any atom is -0.486 e. The smallest absolute Gasteiger partial charge is 0.226 e. The molecule has 1 aromatic carbocycles. The minimum atomic E-state index is -0.176. The molecule has 0 unspecified atom stereocenters. The first kappa shape index (κ1) is 18.5. The molecule has 148 valence electrons. The van der Waals surface area contributed by atoms with Crippen LogP contribution in [-0.2, 0) is 19.0 Å². The standard InChI is InChI=1S/C20H27NO6/c1-23-11-15-19(25-3)18(24-2)10-21(15)20(22)14-9-13(14)12-4-5-16-17(8-12)27-7-6-26-16/h4-5,8,13-15,18-19H,6-7,9-11H2,1-3H3/t13-,14+,15+,18-,19+/m0/s1. The highest BCUT2D eigenvalue weighted by Crippen LogP contribution is 2.51. The van der Waals surface area contributed by atoms with Crippen LogP contribution in [0.15, 0.2) is 18.2 Å². The molecule has 4 rings (SSSR count). The quantitative estimate of drug-likeness (QED) is 0.748. The van der Waals surface area contributed by atoms with Crippen molar-refractivity contribution >= 4 is 5.91 Å². The Morgan fingerprint density at radius 2 is 1.93 bits per heavy atom. The summed E-state index contributed by atoms with van der Waals surface area (Å²) >= 11 is 0. The fraction of sp³-hybridized carbons (Fsp3) is 0.650. The van der Waals surface area contributed by atoms with E-state index in [-0.39, 0.29) is 36.0 Å². The van der Waals surface area contributed by atoms with Crippen molar-refractivity contribution in [2.45, 2.75) is 30.6 Å². The number of benzene rings is 1. The molecule has 0 spiro atoms. The number of hydrogen-bond donors (Lipinski definition) is 0. The Morgan fingerprint density at radius 3 is 2.63 bits per heavy atom. The fourth-order valence-electron chi connectivity index (χ4n) is 4.32. The van der Waals surface area contributed by atoms with E-state index in [1.54, 1.807) is 21.3 Å². The molecule has 1 saturated carbocycles. The van der Waals surface area contributed by atoms with Crippen molar-refractivity contribution in [2.75, 3.05) is 47.7 Å². The number of rotatable bonds is 6. The second-order valence-corrected chi connectivity index (χ2v) is 7.34. The van der Waals surface area contributed by atoms with E-state index in [1.165, 1.54) is 0 Å². The monoisotopic (exact) mass is 377 g/mol. The number of hydrogen-bond acceptors (Lipinski definition) is 6. The SMILES string of the molecule is COC[C@@H]1[C@@H](OC)[C@@H](OC)CN1C(=O)[C@@H]1C[C@H]1c1ccc2c(c1)OCCO2. The number of carbonyl (C=O) groups excluding carboxylic acids is 1. The molecule has 0 N–H and O–H groups in total. The molecule has 2 fully saturated rings. The van der Waals surface area contributed by atoms with Gasteiger partial charge in [-0.25, -0.2) is 0 Å². The van der Waals surface area contributed by atoms with Crippen LogP contribution in [0.2, 0.25) is 0 Å². The van der Waals surface area contributed by atoms with E-state index in [2.05, 4.69) is 0 Å². The first-order chi connectivity index (χ1) is 13.2. The summed E-state index contributed by atoms with van der Waals surface area (Å²) < 4.78 is 27.7. The van der Waals surface area contributed by atoms with Crippen LogP contribution in [0.5, 0.6) is 11.5 Å². The van der Waals surface area contributed by atoms with Crippen LogP contribution in [-0.4, -0.2) is 76.8 Å². The van der Waals surface area contributed by atoms with Crippen LogP contribution in [0.1, 0.15) is 17.9 Å². The summed E-state index contributed by atoms with van der Waals surface area (Å²) in [5, 5.41) is 0. The summed E-state index contributed by atoms with van der Waals surface area (Å²) in [6.07, 6.45) is 0.542. The van der Waals surface area contributed by atoms with Crippen LogP contribution < -0.4 is 9.47 Å². The molecule has 0 aromatic heterocycles. The average molecular weight is 377 g/mol. The summed E-state index contributed by atoms with van der Waals surface area (Å²) in [6.45, 7) is 2.11. The van der Waals surface area contributed by atoms with Gasteiger partial charge in [-0.2, -0.15) is 0 Å². The summed E-state index contributed by atoms with van der Waals surface area (Å²) in [5.41, 5.74) is 1.13. The van der Waals surface area contributed by atoms with E-state index in [4.69, 9.17) is 23.7 Å². The van der Waals surface area contributed by atoms with Crippen LogP contribution in [0.4, 0.5) is 0 Å². The van der Waals surface area contributed by atoms with Crippen LogP contribution in [0.25, 0.3) is 0 Å². The van der Waals surface area contributed by atoms with E-state index in [0.717, 1.165) is 23.5 Å². The average Bonchev–Trinajstić information content (AvgIpc) is 3.43. The first-order valence-corrected chi connectivity index (χ1v) is 9.42. The largest absolute Gasteiger partial charge is 0.486 e. The van der Waals surface area contributed by atoms with Gasteiger partial charge in [0.1, 0.15) is 25.4 Å². The predicted octanol–water partition coefficient (Wildman–Crippen LogP) is 1.45. The number of nitrogens with zero attached hydrogens (tertiary/aromatic N) is 1. The fourth-order valence-corrected chi connectivity index (χ4v) is 4.32. The van der Waals surface area contributed by atoms with Gasteiger partial charge in [-0.15, -0.1) is 0 Å². The van der Waals surface area contributed by atoms with Gasteiger partial charge in [0.05, 0.1) is 12.6 Å². The summed E-state index contributed by atoms with van der Waals surface area (Å²) in [6, 6.07) is 5.87. The Morgan fingerprint density at radius 1 is 1.15 bits per heavy atom. The third-order valence-electron chi connectivity index (χ3n) is 5.82. The molecular formula is C20H27NO6. The molecule has 0 radical (unpaired) electrons. The van der Waals surface area contributed by atoms with Crippen molar-refractivity contribution in [2.24, 2.45) is 5.92 Å². The predicted molar refractivity (Wildman–Crippen MR) is 97.3 cm³/mol. The number of likely N-dealkylation sites (tertiary alicyclic amines) is 1. The molecule has 5 atom stereocenters. The molecule has 1 aliphatic carbocycles. The number of carbonyl (C=O) groups is 1. The van der Waals surface area contributed by atoms with Crippen LogP contribution in [0.3, 0.4) is 0 Å². The second kappa shape index (κ2) is 7.66. The minimum absolute atomic E-state index is 0.0139. The zero-order valence-corrected chi connectivity index (χ0v) is 16.1. The summed E-state index contributed by atoms with van der Waals surface area (Å²) in [4.78, 5) is 15.1. The van der Waals surface area contributed by atoms with E-state index in [9.17, 15) is 4.79 Å². The van der Waals surface area contributed by atoms with Gasteiger partial charge in [-0.1, -0.05) is 6.07 Å². The Labute approximate surface area is 159 Å². The number of ether oxygens (including phenoxy) is 5. The zero-order chi connectivity index (χ0) is 19.0. The van der Waals surface area contributed by atoms with E-state index in [1.807, 2.05) is 23.1 Å². The van der Waals surface area contributed by atoms with E-state index >= 15 is 0 Å². The summed E-state index contributed by atoms with van der Waals surface area (Å²) in [7, 11) is 4.96. The van der Waals surface area contributed by atoms with Gasteiger partial charge >= 0.3 is 0 Å². The molecule has 27 heavy (non-hydrogen) atoms. The Hall–Kier alpha value is -1.83. The van der Waals surface area contributed by atoms with Crippen molar-refractivity contribution in [3.8, 4) is 11.5 Å². The Balaban J connectivity index is 1.47. The third-order valence-corrected chi connectivity index (χ3v) is 5.82. The van der Waals surface area contributed by atoms with Gasteiger partial charge in [-0.05, 0) is 30.0 Å². The maximum atomic E-state index is 13.2. The lowest BCUT2D eigenvalue weighted by atomic mass is 10.1. The van der Waals surface area contributed by atoms with Gasteiger partial charge in [0.2, 0.25) is 5.91 Å². The van der Waals surface area contributed by atoms with Crippen molar-refractivity contribution in [3.05, 3.63) is 23.8 Å². The molecule has 7 nitrogen and oxygen atoms in total. The number of fused-ring (bicyclic) bond motifs is 1. The molecule has 0 bridgehead atoms.